The first-order valence-electron chi connectivity index (χ1n) is 15.3. The monoisotopic (exact) mass is 906 g/mol. The molecule has 10 nitrogen and oxygen atoms in total. The smallest absolute Gasteiger partial charge is 0.335 e. The molecule has 2 aliphatic carbocycles. The van der Waals surface area contributed by atoms with Gasteiger partial charge in [0, 0.05) is 10.4 Å². The van der Waals surface area contributed by atoms with Gasteiger partial charge in [-0.25, -0.2) is 31.6 Å². The Morgan fingerprint density at radius 2 is 1.51 bits per heavy atom. The molecule has 53 heavy (non-hydrogen) atoms. The molecule has 0 spiro atoms. The summed E-state index contributed by atoms with van der Waals surface area (Å²) in [4.78, 5) is 63.6. The maximum atomic E-state index is 15.3. The first-order chi connectivity index (χ1) is 24.8. The van der Waals surface area contributed by atoms with Crippen molar-refractivity contribution in [2.75, 3.05) is 16.9 Å². The Balaban J connectivity index is 1.46. The van der Waals surface area contributed by atoms with Crippen molar-refractivity contribution in [2.45, 2.75) is 28.5 Å². The normalized spacial score (nSPS) is 27.8. The Hall–Kier alpha value is -4.06. The zero-order valence-corrected chi connectivity index (χ0v) is 31.0. The zero-order valence-electron chi connectivity index (χ0n) is 26.3. The van der Waals surface area contributed by atoms with E-state index in [1.54, 1.807) is 0 Å². The van der Waals surface area contributed by atoms with Gasteiger partial charge in [-0.15, -0.1) is 23.2 Å². The average Bonchev–Trinajstić information content (AvgIpc) is 3.47. The number of anilines is 2. The Morgan fingerprint density at radius 1 is 0.887 bits per heavy atom. The molecular weight excluding hydrogens is 890 g/mol. The molecule has 0 bridgehead atoms. The number of methoxy groups -OCH3 is 1. The second kappa shape index (κ2) is 12.5. The fourth-order valence-corrected chi connectivity index (χ4v) is 9.80. The molecule has 19 heteroatoms. The summed E-state index contributed by atoms with van der Waals surface area (Å²) in [6.45, 7) is 0. The minimum atomic E-state index is -2.83. The van der Waals surface area contributed by atoms with Crippen molar-refractivity contribution in [3.8, 4) is 11.5 Å². The predicted octanol–water partition coefficient (Wildman–Crippen LogP) is 7.09. The number of benzene rings is 3. The van der Waals surface area contributed by atoms with E-state index < -0.39 is 110 Å². The van der Waals surface area contributed by atoms with E-state index in [0.717, 1.165) is 11.0 Å². The van der Waals surface area contributed by atoms with Crippen LogP contribution in [-0.2, 0) is 19.2 Å². The molecule has 6 atom stereocenters. The van der Waals surface area contributed by atoms with Gasteiger partial charge in [0.05, 0.1) is 34.7 Å². The first-order valence-corrected chi connectivity index (χ1v) is 17.6. The second-order valence-electron chi connectivity index (χ2n) is 12.7. The van der Waals surface area contributed by atoms with Gasteiger partial charge in [0.25, 0.3) is 11.8 Å². The van der Waals surface area contributed by atoms with Crippen LogP contribution in [0.2, 0.25) is 0 Å². The first kappa shape index (κ1) is 37.3. The second-order valence-corrected chi connectivity index (χ2v) is 15.5. The lowest BCUT2D eigenvalue weighted by Gasteiger charge is -2.51. The van der Waals surface area contributed by atoms with Gasteiger partial charge in [0.2, 0.25) is 17.6 Å². The van der Waals surface area contributed by atoms with E-state index in [0.29, 0.717) is 0 Å². The van der Waals surface area contributed by atoms with Crippen LogP contribution in [0.5, 0.6) is 11.5 Å². The third kappa shape index (κ3) is 4.82. The van der Waals surface area contributed by atoms with E-state index in [-0.39, 0.29) is 48.4 Å². The number of halogens is 9. The quantitative estimate of drug-likeness (QED) is 0.0691. The van der Waals surface area contributed by atoms with Crippen LogP contribution in [0.1, 0.15) is 34.7 Å². The highest BCUT2D eigenvalue weighted by molar-refractivity contribution is 9.13. The number of alkyl halides is 2. The minimum absolute atomic E-state index is 0.000571. The molecule has 276 valence electrons. The molecule has 2 saturated heterocycles. The van der Waals surface area contributed by atoms with Crippen molar-refractivity contribution in [2.24, 2.45) is 17.8 Å². The zero-order chi connectivity index (χ0) is 38.8. The molecule has 3 fully saturated rings. The Kier molecular flexibility index (Phi) is 8.79. The fourth-order valence-electron chi connectivity index (χ4n) is 7.92. The van der Waals surface area contributed by atoms with Crippen molar-refractivity contribution >= 4 is 96.0 Å². The van der Waals surface area contributed by atoms with E-state index in [2.05, 4.69) is 31.9 Å². The maximum absolute atomic E-state index is 15.3. The van der Waals surface area contributed by atoms with Crippen molar-refractivity contribution in [3.05, 3.63) is 91.1 Å². The third-order valence-corrected chi connectivity index (χ3v) is 13.8. The van der Waals surface area contributed by atoms with E-state index in [4.69, 9.17) is 27.9 Å². The van der Waals surface area contributed by atoms with E-state index in [1.165, 1.54) is 37.5 Å². The number of ether oxygens (including phenoxy) is 1. The summed E-state index contributed by atoms with van der Waals surface area (Å²) in [6.07, 6.45) is 0.568. The molecule has 7 rings (SSSR count). The van der Waals surface area contributed by atoms with E-state index >= 15 is 8.78 Å². The Labute approximate surface area is 321 Å². The number of phenols is 1. The lowest BCUT2D eigenvalue weighted by atomic mass is 9.56. The van der Waals surface area contributed by atoms with Crippen LogP contribution in [0.25, 0.3) is 0 Å². The van der Waals surface area contributed by atoms with Gasteiger partial charge in [-0.3, -0.25) is 24.1 Å². The average molecular weight is 909 g/mol. The number of carbonyl (C=O) groups is 5. The highest BCUT2D eigenvalue weighted by Gasteiger charge is 2.77. The molecule has 3 aromatic rings. The van der Waals surface area contributed by atoms with Crippen LogP contribution in [0.15, 0.2) is 50.9 Å². The van der Waals surface area contributed by atoms with Gasteiger partial charge >= 0.3 is 5.97 Å². The number of allylic oxidation sites excluding steroid dienone is 2. The topological polar surface area (TPSA) is 142 Å². The summed E-state index contributed by atoms with van der Waals surface area (Å²) in [5, 5.41) is 20.2. The van der Waals surface area contributed by atoms with Gasteiger partial charge in [0.1, 0.15) is 5.69 Å². The largest absolute Gasteiger partial charge is 0.503 e. The lowest BCUT2D eigenvalue weighted by molar-refractivity contribution is -0.125. The van der Waals surface area contributed by atoms with Crippen molar-refractivity contribution in [1.29, 1.82) is 0 Å². The van der Waals surface area contributed by atoms with Crippen LogP contribution in [-0.4, -0.2) is 56.7 Å². The number of carboxylic acid groups (broad SMARTS) is 1. The lowest BCUT2D eigenvalue weighted by Crippen LogP contribution is -2.60. The van der Waals surface area contributed by atoms with Gasteiger partial charge in [-0.1, -0.05) is 17.7 Å². The highest BCUT2D eigenvalue weighted by atomic mass is 79.9. The molecule has 0 radical (unpaired) electrons. The van der Waals surface area contributed by atoms with E-state index in [1.807, 2.05) is 0 Å². The van der Waals surface area contributed by atoms with Crippen LogP contribution in [0.4, 0.5) is 33.3 Å². The number of rotatable bonds is 5. The number of nitrogens with zero attached hydrogens (tertiary/aromatic N) is 2. The molecule has 6 unspecified atom stereocenters. The number of aromatic hydroxyl groups is 1. The summed E-state index contributed by atoms with van der Waals surface area (Å²) in [5.74, 6) is -24.8. The third-order valence-electron chi connectivity index (χ3n) is 10.3. The van der Waals surface area contributed by atoms with Crippen molar-refractivity contribution < 1.29 is 60.9 Å². The summed E-state index contributed by atoms with van der Waals surface area (Å²) < 4.78 is 79.0. The van der Waals surface area contributed by atoms with Crippen molar-refractivity contribution in [3.63, 3.8) is 0 Å². The van der Waals surface area contributed by atoms with Gasteiger partial charge in [0.15, 0.2) is 44.5 Å². The number of aromatic carboxylic acids is 1. The molecule has 2 aliphatic heterocycles. The Bertz CT molecular complexity index is 2270. The number of carbonyl (C=O) groups excluding carboxylic acids is 4. The summed E-state index contributed by atoms with van der Waals surface area (Å²) in [5.41, 5.74) is -2.14. The molecule has 3 aromatic carbocycles. The summed E-state index contributed by atoms with van der Waals surface area (Å²) in [7, 11) is 1.18. The van der Waals surface area contributed by atoms with Crippen LogP contribution in [0.3, 0.4) is 0 Å². The maximum Gasteiger partial charge on any atom is 0.335 e. The van der Waals surface area contributed by atoms with Gasteiger partial charge in [-0.2, -0.15) is 0 Å². The SMILES string of the molecule is COc1cc(C2C3=CCC4C(=O)N(c5cccc(C(=O)O)c5)C(=O)C4C3CC3(Cl)C(=O)N(c4c(F)c(F)c(F)c(F)c4F)C(=O)C23Cl)c(Br)c(Br)c1O. The van der Waals surface area contributed by atoms with Crippen LogP contribution < -0.4 is 14.5 Å². The standard InChI is InChI=1S/C34H19Br2Cl2F5N2O8/c1-53-16-8-14(19(35)20(36)27(16)46)18-12-5-6-13-17(29(48)44(28(13)47)11-4-2-3-10(7-11)30(49)50)15(12)9-33(37)31(51)45(32(52)34(18,33)38)26-24(42)22(40)21(39)23(41)25(26)43/h2-5,7-8,13,15,17-18,46H,6,9H2,1H3,(H,49,50). The molecule has 2 heterocycles. The number of amides is 4. The van der Waals surface area contributed by atoms with Crippen LogP contribution in [0, 0.1) is 46.8 Å². The molecule has 4 amide bonds. The molecule has 4 aliphatic rings. The number of carboxylic acids is 1. The number of imide groups is 2. The van der Waals surface area contributed by atoms with Gasteiger partial charge in [-0.05, 0) is 80.4 Å². The number of hydrogen-bond acceptors (Lipinski definition) is 7. The molecular formula is C34H19Br2Cl2F5N2O8. The number of phenolic OH excluding ortho intramolecular Hbond substituents is 1. The van der Waals surface area contributed by atoms with Crippen molar-refractivity contribution in [1.82, 2.24) is 0 Å². The summed E-state index contributed by atoms with van der Waals surface area (Å²) >= 11 is 20.9. The summed E-state index contributed by atoms with van der Waals surface area (Å²) in [6, 6.07) is 6.21. The number of hydrogen-bond donors (Lipinski definition) is 2. The molecule has 2 N–H and O–H groups in total. The fraction of sp³-hybridized carbons (Fsp3) is 0.265. The minimum Gasteiger partial charge on any atom is -0.503 e. The molecule has 1 saturated carbocycles. The highest BCUT2D eigenvalue weighted by Crippen LogP contribution is 2.67. The number of fused-ring (bicyclic) bond motifs is 4. The van der Waals surface area contributed by atoms with E-state index in [9.17, 15) is 47.4 Å². The van der Waals surface area contributed by atoms with Crippen LogP contribution >= 0.6 is 55.1 Å². The predicted molar refractivity (Wildman–Crippen MR) is 182 cm³/mol. The Morgan fingerprint density at radius 3 is 2.11 bits per heavy atom. The molecule has 0 aromatic heterocycles. The van der Waals surface area contributed by atoms with Gasteiger partial charge < -0.3 is 14.9 Å².